The molecular weight excluding hydrogens is 387 g/mol. The fourth-order valence-corrected chi connectivity index (χ4v) is 2.76. The number of carbonyl (C=O) groups excluding carboxylic acids is 1. The minimum Gasteiger partial charge on any atom is -0.296 e. The molecule has 0 bridgehead atoms. The van der Waals surface area contributed by atoms with E-state index < -0.39 is 29.0 Å². The number of benzene rings is 1. The van der Waals surface area contributed by atoms with Gasteiger partial charge in [-0.2, -0.15) is 13.2 Å². The monoisotopic (exact) mass is 397 g/mol. The van der Waals surface area contributed by atoms with Crippen LogP contribution >= 0.6 is 11.3 Å². The van der Waals surface area contributed by atoms with Crippen LogP contribution in [0.3, 0.4) is 0 Å². The van der Waals surface area contributed by atoms with E-state index in [0.29, 0.717) is 15.2 Å². The second kappa shape index (κ2) is 6.79. The third-order valence-electron chi connectivity index (χ3n) is 3.56. The predicted octanol–water partition coefficient (Wildman–Crippen LogP) is 1.66. The van der Waals surface area contributed by atoms with Crippen molar-refractivity contribution in [2.24, 2.45) is 7.05 Å². The van der Waals surface area contributed by atoms with Gasteiger partial charge in [-0.15, -0.1) is 10.2 Å². The Bertz CT molecular complexity index is 1120. The summed E-state index contributed by atoms with van der Waals surface area (Å²) in [6.07, 6.45) is -4.85. The second-order valence-corrected chi connectivity index (χ2v) is 6.12. The Hall–Kier alpha value is -3.28. The van der Waals surface area contributed by atoms with Gasteiger partial charge in [0.25, 0.3) is 11.5 Å². The molecule has 3 rings (SSSR count). The lowest BCUT2D eigenvalue weighted by atomic mass is 10.2. The molecule has 12 heteroatoms. The average molecular weight is 397 g/mol. The summed E-state index contributed by atoms with van der Waals surface area (Å²) in [4.78, 5) is 36.7. The van der Waals surface area contributed by atoms with Crippen LogP contribution in [0.25, 0.3) is 5.69 Å². The molecule has 0 atom stereocenters. The van der Waals surface area contributed by atoms with Crippen LogP contribution in [0, 0.1) is 0 Å². The maximum Gasteiger partial charge on any atom is 0.431 e. The van der Waals surface area contributed by atoms with Gasteiger partial charge in [-0.3, -0.25) is 19.5 Å². The third-order valence-corrected chi connectivity index (χ3v) is 4.16. The van der Waals surface area contributed by atoms with E-state index in [1.54, 1.807) is 0 Å². The quantitative estimate of drug-likeness (QED) is 0.725. The van der Waals surface area contributed by atoms with Gasteiger partial charge >= 0.3 is 11.9 Å². The van der Waals surface area contributed by atoms with Gasteiger partial charge in [-0.1, -0.05) is 17.4 Å². The fraction of sp³-hybridized carbons (Fsp3) is 0.133. The summed E-state index contributed by atoms with van der Waals surface area (Å²) in [6, 6.07) is 5.69. The van der Waals surface area contributed by atoms with E-state index in [9.17, 15) is 27.6 Å². The molecule has 1 amide bonds. The molecule has 1 N–H and O–H groups in total. The van der Waals surface area contributed by atoms with Crippen molar-refractivity contribution < 1.29 is 18.0 Å². The lowest BCUT2D eigenvalue weighted by Gasteiger charge is -2.14. The van der Waals surface area contributed by atoms with Crippen LogP contribution in [0.5, 0.6) is 0 Å². The first-order chi connectivity index (χ1) is 12.7. The zero-order chi connectivity index (χ0) is 19.8. The first-order valence-corrected chi connectivity index (χ1v) is 8.14. The van der Waals surface area contributed by atoms with Crippen LogP contribution in [0.1, 0.15) is 16.1 Å². The highest BCUT2D eigenvalue weighted by molar-refractivity contribution is 7.13. The Kier molecular flexibility index (Phi) is 4.66. The molecule has 3 aromatic rings. The maximum absolute atomic E-state index is 12.9. The largest absolute Gasteiger partial charge is 0.431 e. The number of carbonyl (C=O) groups is 1. The molecule has 0 fully saturated rings. The van der Waals surface area contributed by atoms with Crippen molar-refractivity contribution in [3.05, 3.63) is 67.9 Å². The van der Waals surface area contributed by atoms with Crippen molar-refractivity contribution in [3.8, 4) is 5.69 Å². The number of rotatable bonds is 3. The number of aromatic nitrogens is 4. The average Bonchev–Trinajstić information content (AvgIpc) is 3.10. The van der Waals surface area contributed by atoms with Crippen LogP contribution in [0.4, 0.5) is 18.3 Å². The molecule has 0 aliphatic carbocycles. The first-order valence-electron chi connectivity index (χ1n) is 7.26. The molecule has 0 unspecified atom stereocenters. The highest BCUT2D eigenvalue weighted by Crippen LogP contribution is 2.27. The molecule has 1 aromatic carbocycles. The van der Waals surface area contributed by atoms with E-state index in [4.69, 9.17) is 0 Å². The van der Waals surface area contributed by atoms with Crippen LogP contribution in [-0.4, -0.2) is 25.2 Å². The summed E-state index contributed by atoms with van der Waals surface area (Å²) in [6.45, 7) is 0. The van der Waals surface area contributed by atoms with Crippen LogP contribution in [-0.2, 0) is 13.2 Å². The molecule has 2 aromatic heterocycles. The van der Waals surface area contributed by atoms with Gasteiger partial charge in [0.1, 0.15) is 11.2 Å². The molecule has 8 nitrogen and oxygen atoms in total. The normalized spacial score (nSPS) is 11.4. The molecule has 140 valence electrons. The fourth-order valence-electron chi connectivity index (χ4n) is 2.32. The number of hydrogen-bond donors (Lipinski definition) is 1. The molecular formula is C15H10F3N5O3S. The highest BCUT2D eigenvalue weighted by Gasteiger charge is 2.35. The minimum atomic E-state index is -4.85. The van der Waals surface area contributed by atoms with Gasteiger partial charge < -0.3 is 0 Å². The van der Waals surface area contributed by atoms with Gasteiger partial charge in [0.05, 0.1) is 5.69 Å². The summed E-state index contributed by atoms with van der Waals surface area (Å²) < 4.78 is 39.6. The molecule has 0 spiro atoms. The van der Waals surface area contributed by atoms with E-state index in [-0.39, 0.29) is 16.4 Å². The van der Waals surface area contributed by atoms with E-state index in [1.165, 1.54) is 29.8 Å². The number of nitrogens with zero attached hydrogens (tertiary/aromatic N) is 4. The molecule has 0 saturated carbocycles. The summed E-state index contributed by atoms with van der Waals surface area (Å²) >= 11 is 1.09. The van der Waals surface area contributed by atoms with Crippen LogP contribution < -0.4 is 16.6 Å². The Morgan fingerprint density at radius 2 is 1.96 bits per heavy atom. The summed E-state index contributed by atoms with van der Waals surface area (Å²) in [5.74, 6) is -0.578. The number of nitrogens with one attached hydrogen (secondary N) is 1. The summed E-state index contributed by atoms with van der Waals surface area (Å²) in [5, 5.41) is 9.94. The highest BCUT2D eigenvalue weighted by atomic mass is 32.1. The molecule has 0 aliphatic rings. The van der Waals surface area contributed by atoms with Crippen molar-refractivity contribution in [2.45, 2.75) is 6.18 Å². The van der Waals surface area contributed by atoms with E-state index in [0.717, 1.165) is 18.4 Å². The standard InChI is InChI=1S/C15H10F3N5O3S/c1-22-10(15(16,17)18)6-11(24)23(14(22)26)9-4-2-3-8(5-9)12(25)20-13-21-19-7-27-13/h2-7H,1H3,(H,20,21,25). The van der Waals surface area contributed by atoms with Crippen molar-refractivity contribution in [1.82, 2.24) is 19.3 Å². The zero-order valence-corrected chi connectivity index (χ0v) is 14.3. The first kappa shape index (κ1) is 18.5. The van der Waals surface area contributed by atoms with E-state index in [2.05, 4.69) is 15.5 Å². The van der Waals surface area contributed by atoms with Crippen LogP contribution in [0.15, 0.2) is 45.4 Å². The van der Waals surface area contributed by atoms with Crippen molar-refractivity contribution in [1.29, 1.82) is 0 Å². The smallest absolute Gasteiger partial charge is 0.296 e. The molecule has 27 heavy (non-hydrogen) atoms. The van der Waals surface area contributed by atoms with Crippen LogP contribution in [0.2, 0.25) is 0 Å². The summed E-state index contributed by atoms with van der Waals surface area (Å²) in [7, 11) is 0.910. The lowest BCUT2D eigenvalue weighted by Crippen LogP contribution is -2.40. The third kappa shape index (κ3) is 3.65. The number of anilines is 1. The van der Waals surface area contributed by atoms with Gasteiger partial charge in [0.2, 0.25) is 5.13 Å². The minimum absolute atomic E-state index is 0.0424. The molecule has 2 heterocycles. The van der Waals surface area contributed by atoms with E-state index in [1.807, 2.05) is 0 Å². The molecule has 0 aliphatic heterocycles. The number of alkyl halides is 3. The maximum atomic E-state index is 12.9. The Morgan fingerprint density at radius 3 is 2.59 bits per heavy atom. The van der Waals surface area contributed by atoms with Crippen molar-refractivity contribution in [3.63, 3.8) is 0 Å². The number of halogens is 3. The van der Waals surface area contributed by atoms with Crippen molar-refractivity contribution in [2.75, 3.05) is 5.32 Å². The Morgan fingerprint density at radius 1 is 1.22 bits per heavy atom. The van der Waals surface area contributed by atoms with Gasteiger partial charge in [-0.05, 0) is 18.2 Å². The molecule has 0 saturated heterocycles. The lowest BCUT2D eigenvalue weighted by molar-refractivity contribution is -0.144. The summed E-state index contributed by atoms with van der Waals surface area (Å²) in [5.41, 5.74) is -2.25. The van der Waals surface area contributed by atoms with Gasteiger partial charge in [-0.25, -0.2) is 9.36 Å². The number of hydrogen-bond acceptors (Lipinski definition) is 6. The SMILES string of the molecule is Cn1c(C(F)(F)F)cc(=O)n(-c2cccc(C(=O)Nc3nncs3)c2)c1=O. The second-order valence-electron chi connectivity index (χ2n) is 5.29. The Labute approximate surface area is 152 Å². The van der Waals surface area contributed by atoms with Gasteiger partial charge in [0.15, 0.2) is 0 Å². The predicted molar refractivity (Wildman–Crippen MR) is 90.1 cm³/mol. The topological polar surface area (TPSA) is 98.9 Å². The number of amides is 1. The van der Waals surface area contributed by atoms with E-state index >= 15 is 0 Å². The molecule has 0 radical (unpaired) electrons. The Balaban J connectivity index is 2.05. The van der Waals surface area contributed by atoms with Gasteiger partial charge in [0, 0.05) is 18.7 Å². The zero-order valence-electron chi connectivity index (χ0n) is 13.5. The van der Waals surface area contributed by atoms with Crippen molar-refractivity contribution >= 4 is 22.4 Å².